The van der Waals surface area contributed by atoms with E-state index < -0.39 is 17.7 Å². The topological polar surface area (TPSA) is 84.0 Å². The summed E-state index contributed by atoms with van der Waals surface area (Å²) < 4.78 is 46.7. The smallest absolute Gasteiger partial charge is 0.418 e. The van der Waals surface area contributed by atoms with E-state index in [1.165, 1.54) is 37.5 Å². The second-order valence-corrected chi connectivity index (χ2v) is 6.03. The van der Waals surface area contributed by atoms with Gasteiger partial charge in [0.2, 0.25) is 0 Å². The molecule has 0 saturated heterocycles. The molecule has 3 heterocycles. The van der Waals surface area contributed by atoms with Gasteiger partial charge in [0.05, 0.1) is 34.6 Å². The third kappa shape index (κ3) is 2.81. The van der Waals surface area contributed by atoms with Crippen LogP contribution in [0.2, 0.25) is 0 Å². The number of hydrogen-bond donors (Lipinski definition) is 0. The fourth-order valence-electron chi connectivity index (χ4n) is 3.07. The molecule has 0 aliphatic carbocycles. The Kier molecular flexibility index (Phi) is 3.95. The summed E-state index contributed by atoms with van der Waals surface area (Å²) in [4.78, 5) is 16.0. The van der Waals surface area contributed by atoms with Crippen molar-refractivity contribution in [2.45, 2.75) is 13.1 Å². The molecular weight excluding hydrogens is 375 g/mol. The van der Waals surface area contributed by atoms with Crippen molar-refractivity contribution in [1.29, 1.82) is 0 Å². The lowest BCUT2D eigenvalue weighted by atomic mass is 10.1. The van der Waals surface area contributed by atoms with Crippen molar-refractivity contribution >= 4 is 17.0 Å². The first kappa shape index (κ1) is 17.8. The molecule has 6 nitrogen and oxygen atoms in total. The molecule has 9 heteroatoms. The lowest BCUT2D eigenvalue weighted by Crippen LogP contribution is -2.23. The number of carbonyl (C=O) groups is 1. The summed E-state index contributed by atoms with van der Waals surface area (Å²) in [5, 5.41) is 15.9. The average molecular weight is 386 g/mol. The van der Waals surface area contributed by atoms with Gasteiger partial charge in [-0.25, -0.2) is 9.67 Å². The number of halogens is 3. The molecular formula is C19H11F3N3O3-. The van der Waals surface area contributed by atoms with Gasteiger partial charge in [0.1, 0.15) is 5.69 Å². The number of aromatic carboxylic acids is 1. The zero-order valence-corrected chi connectivity index (χ0v) is 14.3. The predicted molar refractivity (Wildman–Crippen MR) is 90.6 cm³/mol. The van der Waals surface area contributed by atoms with Crippen LogP contribution in [0.15, 0.2) is 53.1 Å². The van der Waals surface area contributed by atoms with Gasteiger partial charge in [0.25, 0.3) is 0 Å². The maximum absolute atomic E-state index is 13.5. The number of benzene rings is 1. The quantitative estimate of drug-likeness (QED) is 0.539. The number of carbonyl (C=O) groups excluding carboxylic acids is 1. The molecule has 0 aliphatic rings. The van der Waals surface area contributed by atoms with Crippen molar-refractivity contribution in [3.63, 3.8) is 0 Å². The van der Waals surface area contributed by atoms with Crippen molar-refractivity contribution in [2.75, 3.05) is 0 Å². The predicted octanol–water partition coefficient (Wildman–Crippen LogP) is 3.37. The van der Waals surface area contributed by atoms with E-state index in [4.69, 9.17) is 4.42 Å². The maximum Gasteiger partial charge on any atom is 0.418 e. The number of pyridine rings is 1. The van der Waals surface area contributed by atoms with Crippen LogP contribution in [0.4, 0.5) is 13.2 Å². The van der Waals surface area contributed by atoms with Gasteiger partial charge in [0.15, 0.2) is 11.4 Å². The zero-order chi connectivity index (χ0) is 20.1. The maximum atomic E-state index is 13.5. The number of furan rings is 1. The molecule has 0 bridgehead atoms. The van der Waals surface area contributed by atoms with Gasteiger partial charge in [0, 0.05) is 5.56 Å². The minimum Gasteiger partial charge on any atom is -0.545 e. The van der Waals surface area contributed by atoms with Crippen LogP contribution in [0.25, 0.3) is 28.2 Å². The fourth-order valence-corrected chi connectivity index (χ4v) is 3.07. The fraction of sp³-hybridized carbons (Fsp3) is 0.105. The van der Waals surface area contributed by atoms with Crippen LogP contribution in [-0.4, -0.2) is 20.7 Å². The Morgan fingerprint density at radius 2 is 1.93 bits per heavy atom. The van der Waals surface area contributed by atoms with Crippen LogP contribution in [0.5, 0.6) is 0 Å². The highest BCUT2D eigenvalue weighted by Gasteiger charge is 2.34. The van der Waals surface area contributed by atoms with Crippen LogP contribution in [-0.2, 0) is 6.18 Å². The van der Waals surface area contributed by atoms with Gasteiger partial charge in [-0.2, -0.15) is 18.3 Å². The number of aromatic nitrogens is 3. The van der Waals surface area contributed by atoms with Gasteiger partial charge in [-0.05, 0) is 37.3 Å². The molecule has 0 N–H and O–H groups in total. The van der Waals surface area contributed by atoms with E-state index in [1.807, 2.05) is 0 Å². The SMILES string of the molecule is Cc1nn(-c2ccccc2C(F)(F)F)c2nc(-c3ccco3)cc(C(=O)[O-])c12. The van der Waals surface area contributed by atoms with Crippen LogP contribution < -0.4 is 5.11 Å². The Morgan fingerprint density at radius 3 is 2.57 bits per heavy atom. The first-order valence-electron chi connectivity index (χ1n) is 8.09. The standard InChI is InChI=1S/C19H12F3N3O3/c1-10-16-11(18(26)27)9-13(15-7-4-8-28-15)23-17(16)25(24-10)14-6-3-2-5-12(14)19(20,21)22/h2-9H,1H3,(H,26,27)/p-1. The number of para-hydroxylation sites is 1. The Hall–Kier alpha value is -3.62. The van der Waals surface area contributed by atoms with E-state index in [0.717, 1.165) is 10.7 Å². The van der Waals surface area contributed by atoms with E-state index in [1.54, 1.807) is 12.1 Å². The first-order valence-corrected chi connectivity index (χ1v) is 8.09. The number of nitrogens with zero attached hydrogens (tertiary/aromatic N) is 3. The van der Waals surface area contributed by atoms with Gasteiger partial charge in [-0.3, -0.25) is 0 Å². The molecule has 142 valence electrons. The molecule has 3 aromatic heterocycles. The average Bonchev–Trinajstić information content (AvgIpc) is 3.29. The van der Waals surface area contributed by atoms with Gasteiger partial charge < -0.3 is 14.3 Å². The Morgan fingerprint density at radius 1 is 1.18 bits per heavy atom. The largest absolute Gasteiger partial charge is 0.545 e. The summed E-state index contributed by atoms with van der Waals surface area (Å²) in [6.07, 6.45) is -3.25. The summed E-state index contributed by atoms with van der Waals surface area (Å²) in [7, 11) is 0. The van der Waals surface area contributed by atoms with Crippen LogP contribution >= 0.6 is 0 Å². The highest BCUT2D eigenvalue weighted by atomic mass is 19.4. The zero-order valence-electron chi connectivity index (χ0n) is 14.3. The van der Waals surface area contributed by atoms with Gasteiger partial charge >= 0.3 is 6.18 Å². The van der Waals surface area contributed by atoms with Crippen LogP contribution in [0.3, 0.4) is 0 Å². The number of hydrogen-bond acceptors (Lipinski definition) is 5. The number of aryl methyl sites for hydroxylation is 1. The van der Waals surface area contributed by atoms with Crippen molar-refractivity contribution in [3.05, 3.63) is 65.5 Å². The van der Waals surface area contributed by atoms with Crippen LogP contribution in [0.1, 0.15) is 21.6 Å². The lowest BCUT2D eigenvalue weighted by Gasteiger charge is -2.13. The van der Waals surface area contributed by atoms with E-state index in [0.29, 0.717) is 0 Å². The minimum absolute atomic E-state index is 0.0395. The molecule has 28 heavy (non-hydrogen) atoms. The number of fused-ring (bicyclic) bond motifs is 1. The highest BCUT2D eigenvalue weighted by Crippen LogP contribution is 2.36. The molecule has 0 saturated carbocycles. The monoisotopic (exact) mass is 386 g/mol. The number of carboxylic acids is 1. The highest BCUT2D eigenvalue weighted by molar-refractivity contribution is 6.03. The van der Waals surface area contributed by atoms with Crippen molar-refractivity contribution in [3.8, 4) is 17.1 Å². The Balaban J connectivity index is 2.09. The second kappa shape index (κ2) is 6.22. The van der Waals surface area contributed by atoms with Gasteiger partial charge in [-0.1, -0.05) is 12.1 Å². The molecule has 0 aliphatic heterocycles. The van der Waals surface area contributed by atoms with Crippen molar-refractivity contribution in [1.82, 2.24) is 14.8 Å². The van der Waals surface area contributed by atoms with Crippen molar-refractivity contribution < 1.29 is 27.5 Å². The summed E-state index contributed by atoms with van der Waals surface area (Å²) in [6, 6.07) is 9.27. The van der Waals surface area contributed by atoms with E-state index in [-0.39, 0.29) is 39.4 Å². The second-order valence-electron chi connectivity index (χ2n) is 6.03. The molecule has 0 fully saturated rings. The third-order valence-corrected chi connectivity index (χ3v) is 4.24. The molecule has 0 spiro atoms. The Labute approximate surface area is 155 Å². The molecule has 0 radical (unpaired) electrons. The number of alkyl halides is 3. The summed E-state index contributed by atoms with van der Waals surface area (Å²) >= 11 is 0. The molecule has 0 atom stereocenters. The van der Waals surface area contributed by atoms with Crippen molar-refractivity contribution in [2.24, 2.45) is 0 Å². The minimum atomic E-state index is -4.63. The summed E-state index contributed by atoms with van der Waals surface area (Å²) in [5.74, 6) is -1.23. The van der Waals surface area contributed by atoms with Crippen LogP contribution in [0, 0.1) is 6.92 Å². The number of rotatable bonds is 3. The summed E-state index contributed by atoms with van der Waals surface area (Å²) in [6.45, 7) is 1.50. The molecule has 4 rings (SSSR count). The number of carboxylic acid groups (broad SMARTS) is 1. The summed E-state index contributed by atoms with van der Waals surface area (Å²) in [5.41, 5.74) is -1.10. The molecule has 0 amide bonds. The molecule has 1 aromatic carbocycles. The molecule has 4 aromatic rings. The van der Waals surface area contributed by atoms with E-state index >= 15 is 0 Å². The lowest BCUT2D eigenvalue weighted by molar-refractivity contribution is -0.254. The first-order chi connectivity index (χ1) is 13.3. The van der Waals surface area contributed by atoms with Gasteiger partial charge in [-0.15, -0.1) is 0 Å². The molecule has 0 unspecified atom stereocenters. The Bertz CT molecular complexity index is 1190. The third-order valence-electron chi connectivity index (χ3n) is 4.24. The normalized spacial score (nSPS) is 11.9. The van der Waals surface area contributed by atoms with E-state index in [2.05, 4.69) is 10.1 Å². The van der Waals surface area contributed by atoms with E-state index in [9.17, 15) is 23.1 Å².